The van der Waals surface area contributed by atoms with E-state index in [0.717, 1.165) is 122 Å². The SMILES string of the molecule is CC/C=C\C/C=C\C/C=C\C/C=C\C/C=C\C/C=C\CCCCC(=O)OCC(COC(=O)CCCCCCCCCCCCCC)OC(=O)CCCCCCC/C=C\C/C=C\CCCCCC. The molecule has 0 spiro atoms. The molecule has 0 bridgehead atoms. The predicted octanol–water partition coefficient (Wildman–Crippen LogP) is 18.5. The van der Waals surface area contributed by atoms with Crippen LogP contribution in [0, 0.1) is 0 Å². The van der Waals surface area contributed by atoms with E-state index in [1.54, 1.807) is 0 Å². The van der Waals surface area contributed by atoms with Gasteiger partial charge < -0.3 is 14.2 Å². The number of carbonyl (C=O) groups is 3. The number of hydrogen-bond acceptors (Lipinski definition) is 6. The third-order valence-corrected chi connectivity index (χ3v) is 11.6. The fourth-order valence-corrected chi connectivity index (χ4v) is 7.42. The highest BCUT2D eigenvalue weighted by molar-refractivity contribution is 5.71. The van der Waals surface area contributed by atoms with E-state index < -0.39 is 6.10 Å². The molecule has 67 heavy (non-hydrogen) atoms. The third kappa shape index (κ3) is 53.2. The molecule has 0 aromatic rings. The molecule has 0 saturated carbocycles. The first-order valence-electron chi connectivity index (χ1n) is 27.7. The van der Waals surface area contributed by atoms with Crippen LogP contribution in [0.5, 0.6) is 0 Å². The molecule has 6 nitrogen and oxygen atoms in total. The largest absolute Gasteiger partial charge is 0.462 e. The Hall–Kier alpha value is -3.67. The van der Waals surface area contributed by atoms with E-state index >= 15 is 0 Å². The quantitative estimate of drug-likeness (QED) is 0.0262. The smallest absolute Gasteiger partial charge is 0.306 e. The van der Waals surface area contributed by atoms with Crippen LogP contribution in [-0.2, 0) is 28.6 Å². The Morgan fingerprint density at radius 2 is 0.582 bits per heavy atom. The van der Waals surface area contributed by atoms with Gasteiger partial charge in [-0.15, -0.1) is 0 Å². The molecule has 0 radical (unpaired) electrons. The molecule has 382 valence electrons. The van der Waals surface area contributed by atoms with Crippen molar-refractivity contribution in [3.8, 4) is 0 Å². The summed E-state index contributed by atoms with van der Waals surface area (Å²) in [6.07, 6.45) is 72.5. The van der Waals surface area contributed by atoms with E-state index in [-0.39, 0.29) is 31.1 Å². The number of allylic oxidation sites excluding steroid dienone is 16. The van der Waals surface area contributed by atoms with Crippen LogP contribution >= 0.6 is 0 Å². The summed E-state index contributed by atoms with van der Waals surface area (Å²) in [7, 11) is 0. The zero-order chi connectivity index (χ0) is 48.6. The summed E-state index contributed by atoms with van der Waals surface area (Å²) in [6.45, 7) is 6.46. The zero-order valence-electron chi connectivity index (χ0n) is 43.6. The lowest BCUT2D eigenvalue weighted by atomic mass is 10.0. The lowest BCUT2D eigenvalue weighted by Gasteiger charge is -2.18. The minimum absolute atomic E-state index is 0.0962. The van der Waals surface area contributed by atoms with Gasteiger partial charge in [0.05, 0.1) is 0 Å². The first kappa shape index (κ1) is 63.3. The van der Waals surface area contributed by atoms with Gasteiger partial charge in [-0.1, -0.05) is 227 Å². The fourth-order valence-electron chi connectivity index (χ4n) is 7.42. The van der Waals surface area contributed by atoms with Gasteiger partial charge in [0.2, 0.25) is 0 Å². The molecule has 0 amide bonds. The Bertz CT molecular complexity index is 1350. The molecule has 1 atom stereocenters. The average molecular weight is 931 g/mol. The Labute approximate surface area is 413 Å². The standard InChI is InChI=1S/C61H102O6/c1-4-7-10-13-16-19-22-25-27-29-30-31-32-33-35-36-39-42-45-48-51-54-60(63)66-57-58(56-65-59(62)53-50-47-44-41-38-24-21-18-15-12-9-6-3)67-61(64)55-52-49-46-43-40-37-34-28-26-23-20-17-14-11-8-5-2/h7,10,16,19-20,23,25,27-28,30-31,33-35,39,42,58H,4-6,8-9,11-15,17-18,21-22,24,26,29,32,36-38,40-41,43-57H2,1-3H3/b10-7-,19-16-,23-20-,27-25-,31-30-,34-28-,35-33-,42-39-. The second-order valence-electron chi connectivity index (χ2n) is 18.1. The van der Waals surface area contributed by atoms with Crippen LogP contribution < -0.4 is 0 Å². The number of hydrogen-bond donors (Lipinski definition) is 0. The maximum Gasteiger partial charge on any atom is 0.306 e. The molecule has 0 fully saturated rings. The normalized spacial score (nSPS) is 12.8. The molecule has 0 aliphatic carbocycles. The first-order chi connectivity index (χ1) is 33.0. The van der Waals surface area contributed by atoms with Crippen LogP contribution in [0.3, 0.4) is 0 Å². The summed E-state index contributed by atoms with van der Waals surface area (Å²) in [4.78, 5) is 38.1. The Kier molecular flexibility index (Phi) is 51.9. The Morgan fingerprint density at radius 1 is 0.313 bits per heavy atom. The average Bonchev–Trinajstić information content (AvgIpc) is 3.33. The van der Waals surface area contributed by atoms with Crippen molar-refractivity contribution < 1.29 is 28.6 Å². The number of carbonyl (C=O) groups excluding carboxylic acids is 3. The molecule has 0 rings (SSSR count). The van der Waals surface area contributed by atoms with Gasteiger partial charge in [-0.05, 0) is 103 Å². The van der Waals surface area contributed by atoms with Gasteiger partial charge in [0, 0.05) is 19.3 Å². The van der Waals surface area contributed by atoms with Crippen molar-refractivity contribution in [1.82, 2.24) is 0 Å². The van der Waals surface area contributed by atoms with E-state index in [2.05, 4.69) is 118 Å². The first-order valence-corrected chi connectivity index (χ1v) is 27.7. The van der Waals surface area contributed by atoms with Crippen LogP contribution in [0.25, 0.3) is 0 Å². The molecule has 0 saturated heterocycles. The van der Waals surface area contributed by atoms with Crippen LogP contribution in [0.2, 0.25) is 0 Å². The van der Waals surface area contributed by atoms with Crippen molar-refractivity contribution in [3.63, 3.8) is 0 Å². The van der Waals surface area contributed by atoms with E-state index in [4.69, 9.17) is 14.2 Å². The second kappa shape index (κ2) is 54.9. The van der Waals surface area contributed by atoms with Crippen molar-refractivity contribution in [2.24, 2.45) is 0 Å². The topological polar surface area (TPSA) is 78.9 Å². The monoisotopic (exact) mass is 931 g/mol. The van der Waals surface area contributed by atoms with E-state index in [1.807, 2.05) is 0 Å². The maximum atomic E-state index is 12.8. The molecule has 0 aliphatic rings. The number of unbranched alkanes of at least 4 members (excludes halogenated alkanes) is 22. The highest BCUT2D eigenvalue weighted by Crippen LogP contribution is 2.14. The van der Waals surface area contributed by atoms with Crippen LogP contribution in [0.15, 0.2) is 97.2 Å². The molecular formula is C61H102O6. The van der Waals surface area contributed by atoms with Crippen molar-refractivity contribution in [3.05, 3.63) is 97.2 Å². The lowest BCUT2D eigenvalue weighted by molar-refractivity contribution is -0.167. The molecule has 1 unspecified atom stereocenters. The minimum Gasteiger partial charge on any atom is -0.462 e. The second-order valence-corrected chi connectivity index (χ2v) is 18.1. The van der Waals surface area contributed by atoms with E-state index in [1.165, 1.54) is 89.9 Å². The summed E-state index contributed by atoms with van der Waals surface area (Å²) < 4.78 is 16.8. The fraction of sp³-hybridized carbons (Fsp3) is 0.689. The number of esters is 3. The Morgan fingerprint density at radius 3 is 0.955 bits per heavy atom. The van der Waals surface area contributed by atoms with E-state index in [9.17, 15) is 14.4 Å². The summed E-state index contributed by atoms with van der Waals surface area (Å²) >= 11 is 0. The van der Waals surface area contributed by atoms with Gasteiger partial charge in [0.1, 0.15) is 13.2 Å². The number of rotatable bonds is 49. The van der Waals surface area contributed by atoms with Crippen LogP contribution in [-0.4, -0.2) is 37.2 Å². The highest BCUT2D eigenvalue weighted by atomic mass is 16.6. The van der Waals surface area contributed by atoms with Gasteiger partial charge in [-0.2, -0.15) is 0 Å². The lowest BCUT2D eigenvalue weighted by Crippen LogP contribution is -2.30. The molecular weight excluding hydrogens is 829 g/mol. The van der Waals surface area contributed by atoms with Crippen molar-refractivity contribution in [1.29, 1.82) is 0 Å². The highest BCUT2D eigenvalue weighted by Gasteiger charge is 2.19. The molecule has 6 heteroatoms. The van der Waals surface area contributed by atoms with Crippen molar-refractivity contribution >= 4 is 17.9 Å². The van der Waals surface area contributed by atoms with Gasteiger partial charge in [0.25, 0.3) is 0 Å². The summed E-state index contributed by atoms with van der Waals surface area (Å²) in [5.41, 5.74) is 0. The molecule has 0 aromatic heterocycles. The minimum atomic E-state index is -0.802. The van der Waals surface area contributed by atoms with Crippen molar-refractivity contribution in [2.45, 2.75) is 258 Å². The van der Waals surface area contributed by atoms with Crippen LogP contribution in [0.1, 0.15) is 252 Å². The molecule has 0 aliphatic heterocycles. The number of ether oxygens (including phenoxy) is 3. The molecule has 0 aromatic carbocycles. The summed E-state index contributed by atoms with van der Waals surface area (Å²) in [5.74, 6) is -0.954. The third-order valence-electron chi connectivity index (χ3n) is 11.6. The van der Waals surface area contributed by atoms with Crippen LogP contribution in [0.4, 0.5) is 0 Å². The predicted molar refractivity (Wildman–Crippen MR) is 288 cm³/mol. The Balaban J connectivity index is 4.47. The molecule has 0 N–H and O–H groups in total. The van der Waals surface area contributed by atoms with Gasteiger partial charge in [-0.3, -0.25) is 14.4 Å². The molecule has 0 heterocycles. The van der Waals surface area contributed by atoms with Gasteiger partial charge >= 0.3 is 17.9 Å². The maximum absolute atomic E-state index is 12.8. The van der Waals surface area contributed by atoms with E-state index in [0.29, 0.717) is 19.3 Å². The van der Waals surface area contributed by atoms with Gasteiger partial charge in [0.15, 0.2) is 6.10 Å². The van der Waals surface area contributed by atoms with Crippen molar-refractivity contribution in [2.75, 3.05) is 13.2 Å². The van der Waals surface area contributed by atoms with Gasteiger partial charge in [-0.25, -0.2) is 0 Å². The summed E-state index contributed by atoms with van der Waals surface area (Å²) in [6, 6.07) is 0. The zero-order valence-corrected chi connectivity index (χ0v) is 43.6. The summed E-state index contributed by atoms with van der Waals surface area (Å²) in [5, 5.41) is 0.